The molecule has 4 N–H and O–H groups in total. The van der Waals surface area contributed by atoms with E-state index < -0.39 is 0 Å². The minimum Gasteiger partial charge on any atom is -0.369 e. The Morgan fingerprint density at radius 1 is 1.32 bits per heavy atom. The van der Waals surface area contributed by atoms with E-state index in [0.29, 0.717) is 32.2 Å². The molecule has 25 heavy (non-hydrogen) atoms. The van der Waals surface area contributed by atoms with Crippen LogP contribution in [-0.4, -0.2) is 29.4 Å². The lowest BCUT2D eigenvalue weighted by molar-refractivity contribution is -0.176. The SMILES string of the molecule is CCC1=CNN(C(=O)CCCCNC(=O)C2CCC[C@H](C(N)=O)C2)O1. The molecule has 8 heteroatoms. The fraction of sp³-hybridized carbons (Fsp3) is 0.706. The second kappa shape index (κ2) is 9.29. The predicted molar refractivity (Wildman–Crippen MR) is 90.9 cm³/mol. The number of nitrogens with zero attached hydrogens (tertiary/aromatic N) is 1. The number of hydroxylamine groups is 1. The van der Waals surface area contributed by atoms with Gasteiger partial charge in [0.15, 0.2) is 5.76 Å². The van der Waals surface area contributed by atoms with E-state index >= 15 is 0 Å². The Morgan fingerprint density at radius 3 is 2.76 bits per heavy atom. The summed E-state index contributed by atoms with van der Waals surface area (Å²) in [6.07, 6.45) is 7.10. The molecule has 0 aromatic carbocycles. The number of carbonyl (C=O) groups excluding carboxylic acids is 3. The first-order valence-corrected chi connectivity index (χ1v) is 9.04. The third kappa shape index (κ3) is 5.65. The average molecular weight is 352 g/mol. The molecule has 0 spiro atoms. The smallest absolute Gasteiger partial charge is 0.278 e. The van der Waals surface area contributed by atoms with Crippen LogP contribution in [0.4, 0.5) is 0 Å². The average Bonchev–Trinajstić information content (AvgIpc) is 3.10. The highest BCUT2D eigenvalue weighted by Gasteiger charge is 2.29. The van der Waals surface area contributed by atoms with Gasteiger partial charge < -0.3 is 15.9 Å². The van der Waals surface area contributed by atoms with Crippen LogP contribution in [0.15, 0.2) is 12.0 Å². The Morgan fingerprint density at radius 2 is 2.08 bits per heavy atom. The number of primary amides is 1. The molecular weight excluding hydrogens is 324 g/mol. The van der Waals surface area contributed by atoms with Crippen LogP contribution in [-0.2, 0) is 19.2 Å². The van der Waals surface area contributed by atoms with Crippen molar-refractivity contribution in [2.45, 2.75) is 58.3 Å². The summed E-state index contributed by atoms with van der Waals surface area (Å²) in [5.41, 5.74) is 8.11. The molecule has 0 aromatic heterocycles. The van der Waals surface area contributed by atoms with Crippen molar-refractivity contribution in [1.29, 1.82) is 0 Å². The molecule has 1 saturated carbocycles. The molecule has 140 valence electrons. The van der Waals surface area contributed by atoms with Gasteiger partial charge in [0.2, 0.25) is 11.8 Å². The molecule has 1 heterocycles. The maximum absolute atomic E-state index is 12.2. The quantitative estimate of drug-likeness (QED) is 0.566. The molecule has 8 nitrogen and oxygen atoms in total. The molecule has 2 aliphatic rings. The molecule has 2 atom stereocenters. The van der Waals surface area contributed by atoms with Crippen molar-refractivity contribution < 1.29 is 19.2 Å². The van der Waals surface area contributed by atoms with Crippen LogP contribution in [0.3, 0.4) is 0 Å². The van der Waals surface area contributed by atoms with Gasteiger partial charge in [-0.25, -0.2) is 0 Å². The molecule has 1 unspecified atom stereocenters. The van der Waals surface area contributed by atoms with E-state index in [1.54, 1.807) is 6.20 Å². The standard InChI is InChI=1S/C17H28N4O4/c1-2-14-11-20-21(25-14)15(22)8-3-4-9-19-17(24)13-7-5-6-12(10-13)16(18)23/h11-13,20H,2-10H2,1H3,(H2,18,23)(H,19,24)/t12-,13?/m0/s1. The first kappa shape index (κ1) is 19.1. The largest absolute Gasteiger partial charge is 0.369 e. The van der Waals surface area contributed by atoms with E-state index in [2.05, 4.69) is 10.7 Å². The highest BCUT2D eigenvalue weighted by atomic mass is 16.7. The molecule has 0 saturated heterocycles. The normalized spacial score (nSPS) is 22.6. The molecule has 1 fully saturated rings. The summed E-state index contributed by atoms with van der Waals surface area (Å²) in [5.74, 6) is -0.0524. The van der Waals surface area contributed by atoms with Gasteiger partial charge >= 0.3 is 0 Å². The Kier molecular flexibility index (Phi) is 7.09. The predicted octanol–water partition coefficient (Wildman–Crippen LogP) is 1.09. The molecule has 0 bridgehead atoms. The minimum atomic E-state index is -0.311. The maximum Gasteiger partial charge on any atom is 0.278 e. The van der Waals surface area contributed by atoms with Gasteiger partial charge in [-0.3, -0.25) is 19.8 Å². The van der Waals surface area contributed by atoms with Gasteiger partial charge in [0, 0.05) is 31.2 Å². The second-order valence-corrected chi connectivity index (χ2v) is 6.58. The summed E-state index contributed by atoms with van der Waals surface area (Å²) in [6.45, 7) is 2.47. The molecule has 2 rings (SSSR count). The van der Waals surface area contributed by atoms with Gasteiger partial charge in [0.1, 0.15) is 0 Å². The van der Waals surface area contributed by atoms with Gasteiger partial charge in [0.25, 0.3) is 5.91 Å². The zero-order chi connectivity index (χ0) is 18.2. The fourth-order valence-corrected chi connectivity index (χ4v) is 3.14. The monoisotopic (exact) mass is 352 g/mol. The molecule has 1 aliphatic heterocycles. The Balaban J connectivity index is 1.57. The third-order valence-electron chi connectivity index (χ3n) is 4.69. The van der Waals surface area contributed by atoms with Gasteiger partial charge in [-0.1, -0.05) is 18.5 Å². The summed E-state index contributed by atoms with van der Waals surface area (Å²) in [6, 6.07) is 0. The van der Waals surface area contributed by atoms with Crippen LogP contribution in [0.1, 0.15) is 58.3 Å². The highest BCUT2D eigenvalue weighted by Crippen LogP contribution is 2.28. The topological polar surface area (TPSA) is 114 Å². The Labute approximate surface area is 148 Å². The zero-order valence-electron chi connectivity index (χ0n) is 14.8. The van der Waals surface area contributed by atoms with Gasteiger partial charge in [-0.2, -0.15) is 0 Å². The van der Waals surface area contributed by atoms with Crippen molar-refractivity contribution in [3.05, 3.63) is 12.0 Å². The summed E-state index contributed by atoms with van der Waals surface area (Å²) in [4.78, 5) is 40.7. The van der Waals surface area contributed by atoms with Crippen LogP contribution in [0.25, 0.3) is 0 Å². The number of allylic oxidation sites excluding steroid dienone is 1. The summed E-state index contributed by atoms with van der Waals surface area (Å²) < 4.78 is 0. The van der Waals surface area contributed by atoms with Crippen LogP contribution in [0.2, 0.25) is 0 Å². The van der Waals surface area contributed by atoms with Gasteiger partial charge in [-0.05, 0) is 32.1 Å². The zero-order valence-corrected chi connectivity index (χ0v) is 14.8. The number of amides is 3. The van der Waals surface area contributed by atoms with Gasteiger partial charge in [-0.15, -0.1) is 0 Å². The number of nitrogens with one attached hydrogen (secondary N) is 2. The van der Waals surface area contributed by atoms with Crippen molar-refractivity contribution in [2.24, 2.45) is 17.6 Å². The molecule has 1 aliphatic carbocycles. The summed E-state index contributed by atoms with van der Waals surface area (Å²) in [5, 5.41) is 4.04. The van der Waals surface area contributed by atoms with Crippen LogP contribution < -0.4 is 16.5 Å². The van der Waals surface area contributed by atoms with E-state index in [4.69, 9.17) is 10.6 Å². The first-order chi connectivity index (χ1) is 12.0. The molecular formula is C17H28N4O4. The molecule has 3 amide bonds. The lowest BCUT2D eigenvalue weighted by Gasteiger charge is -2.26. The van der Waals surface area contributed by atoms with E-state index in [1.807, 2.05) is 6.92 Å². The van der Waals surface area contributed by atoms with Crippen molar-refractivity contribution >= 4 is 17.7 Å². The van der Waals surface area contributed by atoms with Crippen LogP contribution in [0, 0.1) is 11.8 Å². The van der Waals surface area contributed by atoms with E-state index in [-0.39, 0.29) is 29.6 Å². The van der Waals surface area contributed by atoms with E-state index in [1.165, 1.54) is 0 Å². The fourth-order valence-electron chi connectivity index (χ4n) is 3.14. The minimum absolute atomic E-state index is 0.0152. The lowest BCUT2D eigenvalue weighted by Crippen LogP contribution is -2.37. The summed E-state index contributed by atoms with van der Waals surface area (Å²) in [7, 11) is 0. The van der Waals surface area contributed by atoms with Crippen LogP contribution >= 0.6 is 0 Å². The number of hydrogen-bond acceptors (Lipinski definition) is 5. The third-order valence-corrected chi connectivity index (χ3v) is 4.69. The highest BCUT2D eigenvalue weighted by molar-refractivity contribution is 5.81. The van der Waals surface area contributed by atoms with Gasteiger partial charge in [0.05, 0.1) is 6.20 Å². The number of hydrogen-bond donors (Lipinski definition) is 3. The second-order valence-electron chi connectivity index (χ2n) is 6.58. The number of hydrazine groups is 1. The van der Waals surface area contributed by atoms with E-state index in [9.17, 15) is 14.4 Å². The van der Waals surface area contributed by atoms with Crippen molar-refractivity contribution in [2.75, 3.05) is 6.54 Å². The number of unbranched alkanes of at least 4 members (excludes halogenated alkanes) is 1. The number of nitrogens with two attached hydrogens (primary N) is 1. The first-order valence-electron chi connectivity index (χ1n) is 9.04. The lowest BCUT2D eigenvalue weighted by atomic mass is 9.80. The van der Waals surface area contributed by atoms with E-state index in [0.717, 1.165) is 36.6 Å². The summed E-state index contributed by atoms with van der Waals surface area (Å²) >= 11 is 0. The molecule has 0 aromatic rings. The van der Waals surface area contributed by atoms with Crippen molar-refractivity contribution in [3.8, 4) is 0 Å². The Bertz CT molecular complexity index is 535. The van der Waals surface area contributed by atoms with Crippen molar-refractivity contribution in [3.63, 3.8) is 0 Å². The number of carbonyl (C=O) groups is 3. The van der Waals surface area contributed by atoms with Crippen molar-refractivity contribution in [1.82, 2.24) is 15.9 Å². The maximum atomic E-state index is 12.2. The number of rotatable bonds is 8. The molecule has 0 radical (unpaired) electrons. The Hall–Kier alpha value is -2.25. The van der Waals surface area contributed by atoms with Crippen LogP contribution in [0.5, 0.6) is 0 Å².